The molecule has 0 aromatic carbocycles. The summed E-state index contributed by atoms with van der Waals surface area (Å²) in [5.74, 6) is 0.613. The van der Waals surface area contributed by atoms with Crippen LogP contribution in [0.15, 0.2) is 0 Å². The molecule has 0 aromatic heterocycles. The van der Waals surface area contributed by atoms with Gasteiger partial charge in [-0.15, -0.1) is 0 Å². The first-order valence-corrected chi connectivity index (χ1v) is 3.50. The largest absolute Gasteiger partial charge is 0.394 e. The van der Waals surface area contributed by atoms with E-state index in [1.54, 1.807) is 0 Å². The predicted octanol–water partition coefficient (Wildman–Crippen LogP) is 0.792. The monoisotopic (exact) mass is 130 g/mol. The minimum atomic E-state index is 0.106. The van der Waals surface area contributed by atoms with Gasteiger partial charge in [-0.25, -0.2) is 0 Å². The highest BCUT2D eigenvalue weighted by atomic mass is 16.5. The smallest absolute Gasteiger partial charge is 0.0813 e. The second-order valence-electron chi connectivity index (χ2n) is 2.86. The molecule has 1 aliphatic heterocycles. The van der Waals surface area contributed by atoms with E-state index in [2.05, 4.69) is 13.8 Å². The lowest BCUT2D eigenvalue weighted by atomic mass is 10.0. The van der Waals surface area contributed by atoms with Gasteiger partial charge in [-0.1, -0.05) is 6.92 Å². The van der Waals surface area contributed by atoms with Crippen molar-refractivity contribution >= 4 is 0 Å². The first-order valence-electron chi connectivity index (χ1n) is 3.50. The lowest BCUT2D eigenvalue weighted by Gasteiger charge is -2.06. The molecule has 0 amide bonds. The molecule has 1 aliphatic rings. The number of hydrogen-bond donors (Lipinski definition) is 1. The normalized spacial score (nSPS) is 43.7. The van der Waals surface area contributed by atoms with Gasteiger partial charge in [0.2, 0.25) is 0 Å². The molecule has 54 valence electrons. The van der Waals surface area contributed by atoms with Crippen molar-refractivity contribution in [3.8, 4) is 0 Å². The van der Waals surface area contributed by atoms with Crippen molar-refractivity contribution in [3.05, 3.63) is 0 Å². The molecular weight excluding hydrogens is 116 g/mol. The van der Waals surface area contributed by atoms with E-state index in [-0.39, 0.29) is 12.7 Å². The Bertz CT molecular complexity index is 82.9. The van der Waals surface area contributed by atoms with Crippen molar-refractivity contribution in [3.63, 3.8) is 0 Å². The van der Waals surface area contributed by atoms with E-state index < -0.39 is 0 Å². The molecule has 0 saturated carbocycles. The van der Waals surface area contributed by atoms with Crippen molar-refractivity contribution in [2.24, 2.45) is 5.92 Å². The van der Waals surface area contributed by atoms with Crippen LogP contribution in [-0.4, -0.2) is 23.9 Å². The van der Waals surface area contributed by atoms with Crippen LogP contribution in [0.2, 0.25) is 0 Å². The van der Waals surface area contributed by atoms with Crippen molar-refractivity contribution < 1.29 is 9.84 Å². The van der Waals surface area contributed by atoms with Crippen LogP contribution in [0.1, 0.15) is 20.3 Å². The number of rotatable bonds is 1. The van der Waals surface area contributed by atoms with Gasteiger partial charge in [0.1, 0.15) is 0 Å². The summed E-state index contributed by atoms with van der Waals surface area (Å²) in [5, 5.41) is 8.68. The van der Waals surface area contributed by atoms with Gasteiger partial charge >= 0.3 is 0 Å². The molecule has 0 spiro atoms. The van der Waals surface area contributed by atoms with Crippen LogP contribution >= 0.6 is 0 Å². The van der Waals surface area contributed by atoms with Gasteiger partial charge in [-0.3, -0.25) is 0 Å². The molecule has 0 radical (unpaired) electrons. The molecular formula is C7H14O2. The Morgan fingerprint density at radius 1 is 1.56 bits per heavy atom. The van der Waals surface area contributed by atoms with Crippen LogP contribution in [0.3, 0.4) is 0 Å². The second kappa shape index (κ2) is 2.67. The minimum absolute atomic E-state index is 0.106. The quantitative estimate of drug-likeness (QED) is 0.568. The SMILES string of the molecule is C[C@@H]1O[C@H](CO)C[C@@H]1C. The van der Waals surface area contributed by atoms with Crippen LogP contribution in [0.4, 0.5) is 0 Å². The van der Waals surface area contributed by atoms with Crippen LogP contribution < -0.4 is 0 Å². The standard InChI is InChI=1S/C7H14O2/c1-5-3-7(4-8)9-6(5)2/h5-8H,3-4H2,1-2H3/t5-,6-,7-/m0/s1. The van der Waals surface area contributed by atoms with Crippen LogP contribution in [0.5, 0.6) is 0 Å². The van der Waals surface area contributed by atoms with E-state index >= 15 is 0 Å². The van der Waals surface area contributed by atoms with Crippen molar-refractivity contribution in [1.29, 1.82) is 0 Å². The van der Waals surface area contributed by atoms with E-state index in [4.69, 9.17) is 9.84 Å². The number of aliphatic hydroxyl groups is 1. The van der Waals surface area contributed by atoms with Crippen molar-refractivity contribution in [1.82, 2.24) is 0 Å². The fourth-order valence-corrected chi connectivity index (χ4v) is 1.22. The molecule has 0 bridgehead atoms. The van der Waals surface area contributed by atoms with Gasteiger partial charge in [-0.05, 0) is 19.3 Å². The molecule has 1 saturated heterocycles. The maximum Gasteiger partial charge on any atom is 0.0813 e. The van der Waals surface area contributed by atoms with Crippen LogP contribution in [-0.2, 0) is 4.74 Å². The summed E-state index contributed by atoms with van der Waals surface area (Å²) in [6.45, 7) is 4.38. The maximum absolute atomic E-state index is 8.68. The minimum Gasteiger partial charge on any atom is -0.394 e. The molecule has 1 heterocycles. The van der Waals surface area contributed by atoms with Gasteiger partial charge in [0.25, 0.3) is 0 Å². The fraction of sp³-hybridized carbons (Fsp3) is 1.00. The van der Waals surface area contributed by atoms with Crippen LogP contribution in [0.25, 0.3) is 0 Å². The van der Waals surface area contributed by atoms with Crippen molar-refractivity contribution in [2.45, 2.75) is 32.5 Å². The zero-order valence-electron chi connectivity index (χ0n) is 6.00. The third kappa shape index (κ3) is 1.43. The topological polar surface area (TPSA) is 29.5 Å². The Labute approximate surface area is 55.8 Å². The Morgan fingerprint density at radius 3 is 2.44 bits per heavy atom. The predicted molar refractivity (Wildman–Crippen MR) is 35.2 cm³/mol. The highest BCUT2D eigenvalue weighted by Crippen LogP contribution is 2.24. The van der Waals surface area contributed by atoms with E-state index in [1.807, 2.05) is 0 Å². The second-order valence-corrected chi connectivity index (χ2v) is 2.86. The summed E-state index contributed by atoms with van der Waals surface area (Å²) in [7, 11) is 0. The molecule has 1 fully saturated rings. The van der Waals surface area contributed by atoms with Crippen molar-refractivity contribution in [2.75, 3.05) is 6.61 Å². The Balaban J connectivity index is 2.35. The Kier molecular flexibility index (Phi) is 2.09. The first kappa shape index (κ1) is 7.03. The maximum atomic E-state index is 8.68. The number of aliphatic hydroxyl groups excluding tert-OH is 1. The van der Waals surface area contributed by atoms with E-state index in [0.29, 0.717) is 12.0 Å². The highest BCUT2D eigenvalue weighted by molar-refractivity contribution is 4.75. The summed E-state index contributed by atoms with van der Waals surface area (Å²) >= 11 is 0. The summed E-state index contributed by atoms with van der Waals surface area (Å²) in [6.07, 6.45) is 1.45. The van der Waals surface area contributed by atoms with Gasteiger partial charge in [-0.2, -0.15) is 0 Å². The van der Waals surface area contributed by atoms with Gasteiger partial charge < -0.3 is 9.84 Å². The summed E-state index contributed by atoms with van der Waals surface area (Å²) in [6, 6.07) is 0. The van der Waals surface area contributed by atoms with Crippen LogP contribution in [0, 0.1) is 5.92 Å². The van der Waals surface area contributed by atoms with E-state index in [1.165, 1.54) is 0 Å². The zero-order chi connectivity index (χ0) is 6.85. The summed E-state index contributed by atoms with van der Waals surface area (Å²) < 4.78 is 5.37. The molecule has 0 unspecified atom stereocenters. The molecule has 9 heavy (non-hydrogen) atoms. The van der Waals surface area contributed by atoms with Gasteiger partial charge in [0, 0.05) is 0 Å². The molecule has 2 nitrogen and oxygen atoms in total. The zero-order valence-corrected chi connectivity index (χ0v) is 6.00. The lowest BCUT2D eigenvalue weighted by Crippen LogP contribution is -2.12. The summed E-state index contributed by atoms with van der Waals surface area (Å²) in [5.41, 5.74) is 0. The van der Waals surface area contributed by atoms with Gasteiger partial charge in [0.15, 0.2) is 0 Å². The van der Waals surface area contributed by atoms with E-state index in [0.717, 1.165) is 6.42 Å². The van der Waals surface area contributed by atoms with E-state index in [9.17, 15) is 0 Å². The molecule has 1 rings (SSSR count). The molecule has 3 atom stereocenters. The summed E-state index contributed by atoms with van der Waals surface area (Å²) in [4.78, 5) is 0. The number of hydrogen-bond acceptors (Lipinski definition) is 2. The highest BCUT2D eigenvalue weighted by Gasteiger charge is 2.27. The van der Waals surface area contributed by atoms with Gasteiger partial charge in [0.05, 0.1) is 18.8 Å². The molecule has 0 aromatic rings. The third-order valence-electron chi connectivity index (χ3n) is 2.05. The molecule has 0 aliphatic carbocycles. The number of ether oxygens (including phenoxy) is 1. The third-order valence-corrected chi connectivity index (χ3v) is 2.05. The lowest BCUT2D eigenvalue weighted by molar-refractivity contribution is 0.0150. The Hall–Kier alpha value is -0.0800. The molecule has 2 heteroatoms. The average molecular weight is 130 g/mol. The Morgan fingerprint density at radius 2 is 2.22 bits per heavy atom. The molecule has 1 N–H and O–H groups in total. The fourth-order valence-electron chi connectivity index (χ4n) is 1.22. The average Bonchev–Trinajstić information content (AvgIpc) is 2.13. The first-order chi connectivity index (χ1) is 4.24.